The minimum Gasteiger partial charge on any atom is -0.462 e. The second kappa shape index (κ2) is 14.2. The van der Waals surface area contributed by atoms with Crippen molar-refractivity contribution in [1.82, 2.24) is 19.8 Å². The summed E-state index contributed by atoms with van der Waals surface area (Å²) in [5.74, 6) is -2.50. The molecule has 4 heterocycles. The van der Waals surface area contributed by atoms with Crippen LogP contribution in [0, 0.1) is 18.2 Å². The van der Waals surface area contributed by atoms with Crippen LogP contribution in [0.4, 0.5) is 38.5 Å². The van der Waals surface area contributed by atoms with E-state index in [1.54, 1.807) is 16.7 Å². The average Bonchev–Trinajstić information content (AvgIpc) is 3.80. The van der Waals surface area contributed by atoms with Crippen LogP contribution in [0.1, 0.15) is 31.7 Å². The van der Waals surface area contributed by atoms with Crippen LogP contribution in [0.15, 0.2) is 30.9 Å². The molecule has 1 amide bonds. The standard InChI is InChI=1S/C35H36F5N7O3S/c1-6-25(48)47-14-12-23(24(47)17-49-5)46(7-2)33-20-15-21(35(38,39)40)26(19-10-11-22(36)31-27(19)30(42-3)32(41)51-31)28(37)29(20)43-34(44-33)50-16-18-9-8-13-45(18)4/h6,10-11,15,18,23-24H,1,7-9,12-14,16-17,41H2,2,4-5H3. The molecule has 4 aromatic rings. The lowest BCUT2D eigenvalue weighted by Gasteiger charge is -2.35. The topological polar surface area (TPSA) is 101 Å². The normalized spacial score (nSPS) is 19.6. The molecule has 16 heteroatoms. The van der Waals surface area contributed by atoms with Crippen molar-refractivity contribution in [2.24, 2.45) is 0 Å². The van der Waals surface area contributed by atoms with Crippen molar-refractivity contribution in [1.29, 1.82) is 0 Å². The Bertz CT molecular complexity index is 2050. The van der Waals surface area contributed by atoms with Crippen molar-refractivity contribution in [3.63, 3.8) is 0 Å². The Balaban J connectivity index is 1.63. The number of likely N-dealkylation sites (N-methyl/N-ethyl adjacent to an activating group) is 2. The van der Waals surface area contributed by atoms with E-state index in [1.165, 1.54) is 13.2 Å². The molecule has 0 saturated carbocycles. The van der Waals surface area contributed by atoms with Gasteiger partial charge < -0.3 is 29.9 Å². The number of amides is 1. The first kappa shape index (κ1) is 36.2. The molecule has 10 nitrogen and oxygen atoms in total. The number of halogens is 5. The summed E-state index contributed by atoms with van der Waals surface area (Å²) >= 11 is 0.699. The highest BCUT2D eigenvalue weighted by molar-refractivity contribution is 7.23. The third kappa shape index (κ3) is 6.42. The number of carbonyl (C=O) groups is 1. The summed E-state index contributed by atoms with van der Waals surface area (Å²) in [6, 6.07) is 1.49. The number of likely N-dealkylation sites (tertiary alicyclic amines) is 2. The first-order valence-electron chi connectivity index (χ1n) is 16.4. The van der Waals surface area contributed by atoms with E-state index in [0.717, 1.165) is 37.6 Å². The number of methoxy groups -OCH3 is 1. The van der Waals surface area contributed by atoms with Crippen LogP contribution in [0.5, 0.6) is 6.01 Å². The number of anilines is 2. The molecule has 2 N–H and O–H groups in total. The number of ether oxygens (including phenoxy) is 2. The summed E-state index contributed by atoms with van der Waals surface area (Å²) in [5, 5.41) is -0.571. The number of fused-ring (bicyclic) bond motifs is 2. The smallest absolute Gasteiger partial charge is 0.417 e. The summed E-state index contributed by atoms with van der Waals surface area (Å²) in [6.07, 6.45) is -1.72. The highest BCUT2D eigenvalue weighted by atomic mass is 32.1. The maximum atomic E-state index is 17.2. The number of hydrogen-bond donors (Lipinski definition) is 1. The number of hydrogen-bond acceptors (Lipinski definition) is 9. The number of nitrogens with zero attached hydrogens (tertiary/aromatic N) is 6. The molecule has 0 radical (unpaired) electrons. The van der Waals surface area contributed by atoms with Crippen molar-refractivity contribution in [3.8, 4) is 17.1 Å². The van der Waals surface area contributed by atoms with E-state index >= 15 is 17.6 Å². The second-order valence-electron chi connectivity index (χ2n) is 12.6. The molecule has 2 saturated heterocycles. The van der Waals surface area contributed by atoms with E-state index in [9.17, 15) is 9.18 Å². The molecule has 0 spiro atoms. The lowest BCUT2D eigenvalue weighted by atomic mass is 9.93. The predicted molar refractivity (Wildman–Crippen MR) is 186 cm³/mol. The number of nitrogen functional groups attached to an aromatic ring is 1. The van der Waals surface area contributed by atoms with Gasteiger partial charge in [-0.1, -0.05) is 12.6 Å². The molecule has 2 aromatic heterocycles. The van der Waals surface area contributed by atoms with Crippen LogP contribution in [0.2, 0.25) is 0 Å². The first-order valence-corrected chi connectivity index (χ1v) is 17.2. The molecular formula is C35H36F5N7O3S. The lowest BCUT2D eigenvalue weighted by molar-refractivity contribution is -0.137. The van der Waals surface area contributed by atoms with Gasteiger partial charge in [0.25, 0.3) is 0 Å². The van der Waals surface area contributed by atoms with Gasteiger partial charge in [0.05, 0.1) is 40.5 Å². The zero-order valence-electron chi connectivity index (χ0n) is 28.2. The van der Waals surface area contributed by atoms with E-state index < -0.39 is 46.5 Å². The Morgan fingerprint density at radius 2 is 2.00 bits per heavy atom. The van der Waals surface area contributed by atoms with Gasteiger partial charge in [-0.15, -0.1) is 11.3 Å². The fraction of sp³-hybridized carbons (Fsp3) is 0.429. The van der Waals surface area contributed by atoms with E-state index in [4.69, 9.17) is 21.8 Å². The second-order valence-corrected chi connectivity index (χ2v) is 13.6. The minimum atomic E-state index is -5.11. The Morgan fingerprint density at radius 1 is 1.24 bits per heavy atom. The molecule has 0 bridgehead atoms. The number of benzene rings is 2. The Kier molecular flexibility index (Phi) is 10.1. The van der Waals surface area contributed by atoms with Crippen molar-refractivity contribution in [2.75, 3.05) is 57.6 Å². The van der Waals surface area contributed by atoms with Crippen LogP contribution < -0.4 is 15.4 Å². The summed E-state index contributed by atoms with van der Waals surface area (Å²) in [6.45, 7) is 14.7. The van der Waals surface area contributed by atoms with Gasteiger partial charge >= 0.3 is 12.2 Å². The van der Waals surface area contributed by atoms with Crippen LogP contribution in [-0.4, -0.2) is 90.8 Å². The summed E-state index contributed by atoms with van der Waals surface area (Å²) < 4.78 is 88.8. The Morgan fingerprint density at radius 3 is 2.63 bits per heavy atom. The predicted octanol–water partition coefficient (Wildman–Crippen LogP) is 7.04. The molecule has 2 aliphatic rings. The van der Waals surface area contributed by atoms with Crippen LogP contribution >= 0.6 is 11.3 Å². The summed E-state index contributed by atoms with van der Waals surface area (Å²) in [7, 11) is 3.43. The monoisotopic (exact) mass is 729 g/mol. The molecule has 51 heavy (non-hydrogen) atoms. The number of nitrogens with two attached hydrogens (primary N) is 1. The van der Waals surface area contributed by atoms with Gasteiger partial charge in [-0.25, -0.2) is 13.6 Å². The van der Waals surface area contributed by atoms with Crippen LogP contribution in [0.25, 0.3) is 37.0 Å². The quantitative estimate of drug-likeness (QED) is 0.105. The van der Waals surface area contributed by atoms with Crippen molar-refractivity contribution in [3.05, 3.63) is 59.5 Å². The molecule has 3 unspecified atom stereocenters. The number of thiophene rings is 1. The minimum absolute atomic E-state index is 0.0156. The molecule has 0 aliphatic carbocycles. The number of aromatic nitrogens is 2. The first-order chi connectivity index (χ1) is 24.3. The molecule has 270 valence electrons. The fourth-order valence-corrected chi connectivity index (χ4v) is 8.26. The van der Waals surface area contributed by atoms with E-state index in [0.29, 0.717) is 24.3 Å². The Hall–Kier alpha value is -4.59. The number of alkyl halides is 3. The van der Waals surface area contributed by atoms with Gasteiger partial charge in [0, 0.05) is 42.6 Å². The highest BCUT2D eigenvalue weighted by Crippen LogP contribution is 2.50. The van der Waals surface area contributed by atoms with Gasteiger partial charge in [0.15, 0.2) is 5.82 Å². The van der Waals surface area contributed by atoms with Crippen molar-refractivity contribution in [2.45, 2.75) is 50.5 Å². The zero-order valence-corrected chi connectivity index (χ0v) is 29.0. The van der Waals surface area contributed by atoms with E-state index in [2.05, 4.69) is 26.3 Å². The lowest BCUT2D eigenvalue weighted by Crippen LogP contribution is -2.49. The third-order valence-corrected chi connectivity index (χ3v) is 10.8. The van der Waals surface area contributed by atoms with Gasteiger partial charge in [0.1, 0.15) is 23.8 Å². The zero-order chi connectivity index (χ0) is 36.8. The van der Waals surface area contributed by atoms with Crippen LogP contribution in [0.3, 0.4) is 0 Å². The average molecular weight is 730 g/mol. The molecule has 2 aromatic carbocycles. The van der Waals surface area contributed by atoms with Gasteiger partial charge in [-0.3, -0.25) is 4.79 Å². The molecule has 6 rings (SSSR count). The van der Waals surface area contributed by atoms with Crippen molar-refractivity contribution >= 4 is 54.7 Å². The summed E-state index contributed by atoms with van der Waals surface area (Å²) in [5.41, 5.74) is 2.63. The molecule has 2 fully saturated rings. The van der Waals surface area contributed by atoms with E-state index in [1.807, 2.05) is 7.05 Å². The van der Waals surface area contributed by atoms with Crippen molar-refractivity contribution < 1.29 is 36.2 Å². The molecule has 2 aliphatic heterocycles. The fourth-order valence-electron chi connectivity index (χ4n) is 7.32. The summed E-state index contributed by atoms with van der Waals surface area (Å²) in [4.78, 5) is 30.5. The number of rotatable bonds is 10. The largest absolute Gasteiger partial charge is 0.462 e. The van der Waals surface area contributed by atoms with Crippen LogP contribution in [-0.2, 0) is 15.7 Å². The maximum Gasteiger partial charge on any atom is 0.417 e. The molecular weight excluding hydrogens is 693 g/mol. The maximum absolute atomic E-state index is 17.2. The third-order valence-electron chi connectivity index (χ3n) is 9.76. The SMILES string of the molecule is [C-]#[N+]c1c(N)sc2c(F)ccc(-c3c(C(F)(F)F)cc4c(N(CC)C5CCN(C(=O)C=C)C5COC)nc(OCC5CCCN5C)nc4c3F)c12. The van der Waals surface area contributed by atoms with E-state index in [-0.39, 0.29) is 75.3 Å². The highest BCUT2D eigenvalue weighted by Gasteiger charge is 2.42. The van der Waals surface area contributed by atoms with Gasteiger partial charge in [-0.05, 0) is 63.6 Å². The Labute approximate surface area is 295 Å². The van der Waals surface area contributed by atoms with Gasteiger partial charge in [0.2, 0.25) is 11.6 Å². The molecule has 3 atom stereocenters. The van der Waals surface area contributed by atoms with Gasteiger partial charge in [-0.2, -0.15) is 23.1 Å². The number of carbonyl (C=O) groups excluding carboxylic acids is 1.